The van der Waals surface area contributed by atoms with Gasteiger partial charge >= 0.3 is 0 Å². The Labute approximate surface area is 103 Å². The van der Waals surface area contributed by atoms with Crippen LogP contribution in [0.1, 0.15) is 19.8 Å². The van der Waals surface area contributed by atoms with Crippen LogP contribution in [0.15, 0.2) is 0 Å². The first-order chi connectivity index (χ1) is 7.65. The van der Waals surface area contributed by atoms with E-state index in [4.69, 9.17) is 5.11 Å². The van der Waals surface area contributed by atoms with Gasteiger partial charge in [-0.25, -0.2) is 21.1 Å². The molecule has 0 amide bonds. The molecule has 0 aromatic carbocycles. The molecule has 0 aromatic rings. The summed E-state index contributed by atoms with van der Waals surface area (Å²) in [5.74, 6) is -0.338. The van der Waals surface area contributed by atoms with Crippen molar-refractivity contribution in [3.05, 3.63) is 0 Å². The minimum absolute atomic E-state index is 0.0544. The van der Waals surface area contributed by atoms with Gasteiger partial charge in [0.05, 0.1) is 22.9 Å². The molecule has 1 saturated heterocycles. The Balaban J connectivity index is 2.69. The average Bonchev–Trinajstić information content (AvgIpc) is 2.55. The van der Waals surface area contributed by atoms with Gasteiger partial charge in [-0.15, -0.1) is 0 Å². The second kappa shape index (κ2) is 5.21. The molecule has 0 saturated carbocycles. The fraction of sp³-hybridized carbons (Fsp3) is 1.00. The highest BCUT2D eigenvalue weighted by Crippen LogP contribution is 2.21. The predicted molar refractivity (Wildman–Crippen MR) is 64.9 cm³/mol. The van der Waals surface area contributed by atoms with Gasteiger partial charge in [-0.3, -0.25) is 0 Å². The first kappa shape index (κ1) is 14.9. The number of sulfonamides is 1. The van der Waals surface area contributed by atoms with Gasteiger partial charge in [0.1, 0.15) is 0 Å². The Kier molecular flexibility index (Phi) is 4.56. The van der Waals surface area contributed by atoms with Crippen LogP contribution in [-0.4, -0.2) is 62.7 Å². The van der Waals surface area contributed by atoms with Crippen molar-refractivity contribution in [2.75, 3.05) is 25.1 Å². The normalized spacial score (nSPS) is 26.2. The van der Waals surface area contributed by atoms with Crippen molar-refractivity contribution in [1.82, 2.24) is 4.31 Å². The lowest BCUT2D eigenvalue weighted by atomic mass is 10.3. The summed E-state index contributed by atoms with van der Waals surface area (Å²) in [5, 5.41) is 8.27. The molecular weight excluding hydrogens is 266 g/mol. The standard InChI is InChI=1S/C9H19NO5S2/c1-8(11)3-5-10(2)17(14,15)9-4-6-16(12,13)7-9/h8-9,11H,3-7H2,1-2H3. The lowest BCUT2D eigenvalue weighted by Crippen LogP contribution is -2.38. The van der Waals surface area contributed by atoms with Crippen LogP contribution < -0.4 is 0 Å². The highest BCUT2D eigenvalue weighted by molar-refractivity contribution is 7.95. The third kappa shape index (κ3) is 3.90. The Morgan fingerprint density at radius 2 is 2.06 bits per heavy atom. The summed E-state index contributed by atoms with van der Waals surface area (Å²) in [4.78, 5) is 0. The van der Waals surface area contributed by atoms with E-state index in [-0.39, 0.29) is 24.5 Å². The summed E-state index contributed by atoms with van der Waals surface area (Å²) >= 11 is 0. The fourth-order valence-electron chi connectivity index (χ4n) is 1.75. The molecule has 0 bridgehead atoms. The van der Waals surface area contributed by atoms with Crippen LogP contribution in [0.25, 0.3) is 0 Å². The number of nitrogens with zero attached hydrogens (tertiary/aromatic N) is 1. The van der Waals surface area contributed by atoms with Gasteiger partial charge in [-0.05, 0) is 19.8 Å². The van der Waals surface area contributed by atoms with Crippen molar-refractivity contribution >= 4 is 19.9 Å². The number of aliphatic hydroxyl groups excluding tert-OH is 1. The van der Waals surface area contributed by atoms with Crippen molar-refractivity contribution in [3.8, 4) is 0 Å². The topological polar surface area (TPSA) is 91.8 Å². The van der Waals surface area contributed by atoms with E-state index < -0.39 is 31.2 Å². The minimum atomic E-state index is -3.56. The van der Waals surface area contributed by atoms with E-state index in [1.165, 1.54) is 7.05 Å². The smallest absolute Gasteiger partial charge is 0.217 e. The van der Waals surface area contributed by atoms with Crippen molar-refractivity contribution in [1.29, 1.82) is 0 Å². The van der Waals surface area contributed by atoms with Gasteiger partial charge in [0.2, 0.25) is 10.0 Å². The predicted octanol–water partition coefficient (Wildman–Crippen LogP) is -0.794. The maximum atomic E-state index is 12.0. The molecule has 1 aliphatic heterocycles. The van der Waals surface area contributed by atoms with E-state index in [2.05, 4.69) is 0 Å². The summed E-state index contributed by atoms with van der Waals surface area (Å²) in [7, 11) is -5.34. The number of sulfone groups is 1. The summed E-state index contributed by atoms with van der Waals surface area (Å²) in [6.45, 7) is 1.79. The lowest BCUT2D eigenvalue weighted by Gasteiger charge is -2.21. The molecular formula is C9H19NO5S2. The van der Waals surface area contributed by atoms with E-state index in [9.17, 15) is 16.8 Å². The lowest BCUT2D eigenvalue weighted by molar-refractivity contribution is 0.177. The Morgan fingerprint density at radius 3 is 2.47 bits per heavy atom. The highest BCUT2D eigenvalue weighted by atomic mass is 32.2. The molecule has 1 aliphatic rings. The third-order valence-electron chi connectivity index (χ3n) is 2.91. The molecule has 6 nitrogen and oxygen atoms in total. The third-order valence-corrected chi connectivity index (χ3v) is 7.18. The second-order valence-electron chi connectivity index (χ2n) is 4.53. The molecule has 17 heavy (non-hydrogen) atoms. The van der Waals surface area contributed by atoms with Gasteiger partial charge < -0.3 is 5.11 Å². The number of hydrogen-bond acceptors (Lipinski definition) is 5. The van der Waals surface area contributed by atoms with E-state index >= 15 is 0 Å². The SMILES string of the molecule is CC(O)CCN(C)S(=O)(=O)C1CCS(=O)(=O)C1. The zero-order chi connectivity index (χ0) is 13.3. The first-order valence-corrected chi connectivity index (χ1v) is 8.81. The zero-order valence-electron chi connectivity index (χ0n) is 10.0. The van der Waals surface area contributed by atoms with Gasteiger partial charge in [0.25, 0.3) is 0 Å². The Bertz CT molecular complexity index is 454. The monoisotopic (exact) mass is 285 g/mol. The largest absolute Gasteiger partial charge is 0.393 e. The van der Waals surface area contributed by atoms with E-state index in [0.717, 1.165) is 4.31 Å². The molecule has 1 fully saturated rings. The summed E-state index contributed by atoms with van der Waals surface area (Å²) in [6, 6.07) is 0. The molecule has 2 unspecified atom stereocenters. The zero-order valence-corrected chi connectivity index (χ0v) is 11.7. The maximum Gasteiger partial charge on any atom is 0.217 e. The van der Waals surface area contributed by atoms with Gasteiger partial charge in [-0.1, -0.05) is 0 Å². The number of hydrogen-bond donors (Lipinski definition) is 1. The van der Waals surface area contributed by atoms with Crippen LogP contribution in [0, 0.1) is 0 Å². The van der Waals surface area contributed by atoms with Crippen LogP contribution in [-0.2, 0) is 19.9 Å². The van der Waals surface area contributed by atoms with Crippen LogP contribution in [0.3, 0.4) is 0 Å². The Morgan fingerprint density at radius 1 is 1.47 bits per heavy atom. The number of rotatable bonds is 5. The quantitative estimate of drug-likeness (QED) is 0.714. The molecule has 2 atom stereocenters. The molecule has 1 heterocycles. The first-order valence-electron chi connectivity index (χ1n) is 5.49. The molecule has 1 N–H and O–H groups in total. The molecule has 0 aliphatic carbocycles. The summed E-state index contributed by atoms with van der Waals surface area (Å²) in [6.07, 6.45) is -0.0567. The summed E-state index contributed by atoms with van der Waals surface area (Å²) in [5.41, 5.74) is 0. The van der Waals surface area contributed by atoms with Gasteiger partial charge in [0, 0.05) is 13.6 Å². The van der Waals surface area contributed by atoms with E-state index in [1.807, 2.05) is 0 Å². The number of aliphatic hydroxyl groups is 1. The van der Waals surface area contributed by atoms with Gasteiger partial charge in [-0.2, -0.15) is 0 Å². The van der Waals surface area contributed by atoms with E-state index in [1.54, 1.807) is 6.92 Å². The van der Waals surface area contributed by atoms with E-state index in [0.29, 0.717) is 6.42 Å². The van der Waals surface area contributed by atoms with Gasteiger partial charge in [0.15, 0.2) is 9.84 Å². The minimum Gasteiger partial charge on any atom is -0.393 e. The maximum absolute atomic E-state index is 12.0. The van der Waals surface area contributed by atoms with Crippen LogP contribution in [0.2, 0.25) is 0 Å². The molecule has 102 valence electrons. The average molecular weight is 285 g/mol. The highest BCUT2D eigenvalue weighted by Gasteiger charge is 2.39. The molecule has 0 aromatic heterocycles. The Hall–Kier alpha value is -0.180. The molecule has 1 rings (SSSR count). The molecule has 0 radical (unpaired) electrons. The van der Waals surface area contributed by atoms with Crippen molar-refractivity contribution in [3.63, 3.8) is 0 Å². The fourth-order valence-corrected chi connectivity index (χ4v) is 6.03. The van der Waals surface area contributed by atoms with Crippen molar-refractivity contribution in [2.45, 2.75) is 31.1 Å². The second-order valence-corrected chi connectivity index (χ2v) is 9.08. The van der Waals surface area contributed by atoms with Crippen molar-refractivity contribution in [2.24, 2.45) is 0 Å². The van der Waals surface area contributed by atoms with Crippen LogP contribution in [0.5, 0.6) is 0 Å². The molecule has 8 heteroatoms. The van der Waals surface area contributed by atoms with Crippen LogP contribution >= 0.6 is 0 Å². The van der Waals surface area contributed by atoms with Crippen molar-refractivity contribution < 1.29 is 21.9 Å². The van der Waals surface area contributed by atoms with Crippen LogP contribution in [0.4, 0.5) is 0 Å². The molecule has 0 spiro atoms. The summed E-state index contributed by atoms with van der Waals surface area (Å²) < 4.78 is 47.7.